The van der Waals surface area contributed by atoms with Gasteiger partial charge in [0.15, 0.2) is 5.78 Å². The minimum atomic E-state index is 0.198. The maximum Gasteiger partial charge on any atom is 0.165 e. The van der Waals surface area contributed by atoms with Crippen molar-refractivity contribution in [1.29, 1.82) is 0 Å². The average Bonchev–Trinajstić information content (AvgIpc) is 3.03. The minimum Gasteiger partial charge on any atom is -0.294 e. The molecule has 0 aromatic carbocycles. The van der Waals surface area contributed by atoms with E-state index in [0.29, 0.717) is 6.42 Å². The Morgan fingerprint density at radius 1 is 1.47 bits per heavy atom. The summed E-state index contributed by atoms with van der Waals surface area (Å²) in [5, 5.41) is 4.33. The molecule has 2 saturated carbocycles. The molecule has 0 spiro atoms. The second-order valence-electron chi connectivity index (χ2n) is 5.66. The normalized spacial score (nSPS) is 31.0. The van der Waals surface area contributed by atoms with E-state index < -0.39 is 0 Å². The van der Waals surface area contributed by atoms with Crippen molar-refractivity contribution in [2.75, 3.05) is 0 Å². The number of nitrogens with zero attached hydrogens (tertiary/aromatic N) is 2. The predicted octanol–water partition coefficient (Wildman–Crippen LogP) is 2.91. The SMILES string of the molecule is CCC(=O)c1cnn(CC2CC3CCC2C3)c1. The second kappa shape index (κ2) is 4.28. The molecule has 0 saturated heterocycles. The second-order valence-corrected chi connectivity index (χ2v) is 5.66. The summed E-state index contributed by atoms with van der Waals surface area (Å²) >= 11 is 0. The molecule has 92 valence electrons. The molecule has 3 heteroatoms. The highest BCUT2D eigenvalue weighted by atomic mass is 16.1. The van der Waals surface area contributed by atoms with E-state index in [4.69, 9.17) is 0 Å². The van der Waals surface area contributed by atoms with Gasteiger partial charge in [0.1, 0.15) is 0 Å². The van der Waals surface area contributed by atoms with Crippen LogP contribution in [0.1, 0.15) is 49.4 Å². The zero-order valence-electron chi connectivity index (χ0n) is 10.4. The molecule has 0 N–H and O–H groups in total. The molecule has 2 aliphatic rings. The molecule has 2 fully saturated rings. The van der Waals surface area contributed by atoms with Gasteiger partial charge < -0.3 is 0 Å². The molecule has 3 unspecified atom stereocenters. The molecule has 3 rings (SSSR count). The Hall–Kier alpha value is -1.12. The van der Waals surface area contributed by atoms with Crippen LogP contribution in [-0.4, -0.2) is 15.6 Å². The first-order valence-electron chi connectivity index (χ1n) is 6.82. The fraction of sp³-hybridized carbons (Fsp3) is 0.714. The fourth-order valence-corrected chi connectivity index (χ4v) is 3.65. The first-order valence-corrected chi connectivity index (χ1v) is 6.82. The van der Waals surface area contributed by atoms with E-state index in [1.54, 1.807) is 6.20 Å². The van der Waals surface area contributed by atoms with Gasteiger partial charge in [-0.25, -0.2) is 0 Å². The number of hydrogen-bond donors (Lipinski definition) is 0. The molecule has 1 heterocycles. The molecule has 1 aromatic rings. The van der Waals surface area contributed by atoms with Crippen LogP contribution < -0.4 is 0 Å². The van der Waals surface area contributed by atoms with Crippen LogP contribution in [0.3, 0.4) is 0 Å². The van der Waals surface area contributed by atoms with Crippen molar-refractivity contribution in [3.63, 3.8) is 0 Å². The lowest BCUT2D eigenvalue weighted by atomic mass is 9.89. The maximum atomic E-state index is 11.5. The number of rotatable bonds is 4. The third kappa shape index (κ3) is 2.03. The summed E-state index contributed by atoms with van der Waals surface area (Å²) < 4.78 is 1.98. The Morgan fingerprint density at radius 2 is 2.35 bits per heavy atom. The molecule has 3 atom stereocenters. The van der Waals surface area contributed by atoms with E-state index in [1.165, 1.54) is 25.7 Å². The lowest BCUT2D eigenvalue weighted by Gasteiger charge is -2.21. The van der Waals surface area contributed by atoms with Crippen LogP contribution in [0.15, 0.2) is 12.4 Å². The molecule has 0 aliphatic heterocycles. The summed E-state index contributed by atoms with van der Waals surface area (Å²) in [4.78, 5) is 11.5. The number of fused-ring (bicyclic) bond motifs is 2. The van der Waals surface area contributed by atoms with E-state index in [9.17, 15) is 4.79 Å². The summed E-state index contributed by atoms with van der Waals surface area (Å²) in [6, 6.07) is 0. The highest BCUT2D eigenvalue weighted by Gasteiger charge is 2.39. The summed E-state index contributed by atoms with van der Waals surface area (Å²) in [7, 11) is 0. The largest absolute Gasteiger partial charge is 0.294 e. The molecule has 3 nitrogen and oxygen atoms in total. The summed E-state index contributed by atoms with van der Waals surface area (Å²) in [6.45, 7) is 2.91. The van der Waals surface area contributed by atoms with Gasteiger partial charge in [0, 0.05) is 19.2 Å². The quantitative estimate of drug-likeness (QED) is 0.748. The van der Waals surface area contributed by atoms with Crippen molar-refractivity contribution in [3.8, 4) is 0 Å². The van der Waals surface area contributed by atoms with Crippen LogP contribution in [0.25, 0.3) is 0 Å². The first kappa shape index (κ1) is 11.0. The van der Waals surface area contributed by atoms with Crippen molar-refractivity contribution < 1.29 is 4.79 Å². The van der Waals surface area contributed by atoms with Crippen molar-refractivity contribution in [1.82, 2.24) is 9.78 Å². The van der Waals surface area contributed by atoms with Crippen LogP contribution in [0, 0.1) is 17.8 Å². The molecule has 0 amide bonds. The van der Waals surface area contributed by atoms with Crippen LogP contribution >= 0.6 is 0 Å². The zero-order valence-corrected chi connectivity index (χ0v) is 10.4. The first-order chi connectivity index (χ1) is 8.26. The Bertz CT molecular complexity index is 424. The number of hydrogen-bond acceptors (Lipinski definition) is 2. The van der Waals surface area contributed by atoms with E-state index in [0.717, 1.165) is 29.9 Å². The summed E-state index contributed by atoms with van der Waals surface area (Å²) in [6.07, 6.45) is 9.89. The van der Waals surface area contributed by atoms with E-state index in [1.807, 2.05) is 17.8 Å². The molecule has 0 radical (unpaired) electrons. The van der Waals surface area contributed by atoms with Crippen LogP contribution in [-0.2, 0) is 6.54 Å². The highest BCUT2D eigenvalue weighted by Crippen LogP contribution is 2.48. The maximum absolute atomic E-state index is 11.5. The lowest BCUT2D eigenvalue weighted by molar-refractivity contribution is 0.0988. The Balaban J connectivity index is 1.65. The average molecular weight is 232 g/mol. The Kier molecular flexibility index (Phi) is 2.77. The zero-order chi connectivity index (χ0) is 11.8. The summed E-state index contributed by atoms with van der Waals surface area (Å²) in [5.74, 6) is 2.91. The predicted molar refractivity (Wildman–Crippen MR) is 65.8 cm³/mol. The van der Waals surface area contributed by atoms with Crippen molar-refractivity contribution in [2.45, 2.75) is 45.6 Å². The molecular formula is C14H20N2O. The monoisotopic (exact) mass is 232 g/mol. The smallest absolute Gasteiger partial charge is 0.165 e. The standard InChI is InChI=1S/C14H20N2O/c1-2-14(17)13-7-15-16(9-13)8-12-6-10-3-4-11(12)5-10/h7,9-12H,2-6,8H2,1H3. The Morgan fingerprint density at radius 3 is 3.00 bits per heavy atom. The van der Waals surface area contributed by atoms with Crippen LogP contribution in [0.4, 0.5) is 0 Å². The minimum absolute atomic E-state index is 0.198. The van der Waals surface area contributed by atoms with Gasteiger partial charge in [-0.2, -0.15) is 5.10 Å². The topological polar surface area (TPSA) is 34.9 Å². The number of carbonyl (C=O) groups excluding carboxylic acids is 1. The number of carbonyl (C=O) groups is 1. The molecule has 17 heavy (non-hydrogen) atoms. The lowest BCUT2D eigenvalue weighted by Crippen LogP contribution is -2.17. The van der Waals surface area contributed by atoms with Crippen molar-refractivity contribution in [2.24, 2.45) is 17.8 Å². The number of aromatic nitrogens is 2. The van der Waals surface area contributed by atoms with Gasteiger partial charge in [-0.05, 0) is 37.0 Å². The highest BCUT2D eigenvalue weighted by molar-refractivity contribution is 5.95. The third-order valence-corrected chi connectivity index (χ3v) is 4.58. The molecular weight excluding hydrogens is 212 g/mol. The molecule has 2 bridgehead atoms. The van der Waals surface area contributed by atoms with Gasteiger partial charge in [0.2, 0.25) is 0 Å². The van der Waals surface area contributed by atoms with Gasteiger partial charge in [0.05, 0.1) is 11.8 Å². The molecule has 2 aliphatic carbocycles. The van der Waals surface area contributed by atoms with E-state index >= 15 is 0 Å². The van der Waals surface area contributed by atoms with Gasteiger partial charge in [-0.15, -0.1) is 0 Å². The van der Waals surface area contributed by atoms with Crippen molar-refractivity contribution >= 4 is 5.78 Å². The van der Waals surface area contributed by atoms with Crippen LogP contribution in [0.2, 0.25) is 0 Å². The van der Waals surface area contributed by atoms with E-state index in [2.05, 4.69) is 5.10 Å². The van der Waals surface area contributed by atoms with E-state index in [-0.39, 0.29) is 5.78 Å². The van der Waals surface area contributed by atoms with Gasteiger partial charge in [0.25, 0.3) is 0 Å². The number of Topliss-reactive ketones (excluding diaryl/α,β-unsaturated/α-hetero) is 1. The third-order valence-electron chi connectivity index (χ3n) is 4.58. The van der Waals surface area contributed by atoms with Gasteiger partial charge in [-0.1, -0.05) is 13.3 Å². The summed E-state index contributed by atoms with van der Waals surface area (Å²) in [5.41, 5.74) is 0.774. The van der Waals surface area contributed by atoms with Crippen molar-refractivity contribution in [3.05, 3.63) is 18.0 Å². The fourth-order valence-electron chi connectivity index (χ4n) is 3.65. The Labute approximate surface area is 102 Å². The van der Waals surface area contributed by atoms with Gasteiger partial charge >= 0.3 is 0 Å². The van der Waals surface area contributed by atoms with Crippen LogP contribution in [0.5, 0.6) is 0 Å². The van der Waals surface area contributed by atoms with Gasteiger partial charge in [-0.3, -0.25) is 9.48 Å². The number of ketones is 1. The molecule has 1 aromatic heterocycles.